The quantitative estimate of drug-likeness (QED) is 0.919. The number of carbonyl (C=O) groups excluding carboxylic acids is 1. The number of anilines is 2. The van der Waals surface area contributed by atoms with E-state index < -0.39 is 0 Å². The predicted molar refractivity (Wildman–Crippen MR) is 89.3 cm³/mol. The van der Waals surface area contributed by atoms with Gasteiger partial charge in [0.1, 0.15) is 0 Å². The van der Waals surface area contributed by atoms with Gasteiger partial charge in [0.05, 0.1) is 5.56 Å². The Balaban J connectivity index is 2.32. The molecule has 0 aliphatic heterocycles. The number of carbonyl (C=O) groups is 1. The molecule has 0 spiro atoms. The maximum absolute atomic E-state index is 12.7. The fourth-order valence-corrected chi connectivity index (χ4v) is 2.25. The molecule has 0 aliphatic rings. The monoisotopic (exact) mass is 282 g/mol. The first-order chi connectivity index (χ1) is 10.0. The molecule has 3 heteroatoms. The van der Waals surface area contributed by atoms with E-state index in [4.69, 9.17) is 0 Å². The van der Waals surface area contributed by atoms with Gasteiger partial charge in [0.2, 0.25) is 0 Å². The summed E-state index contributed by atoms with van der Waals surface area (Å²) in [5.74, 6) is -0.00481. The molecule has 0 unspecified atom stereocenters. The van der Waals surface area contributed by atoms with Crippen LogP contribution in [0.15, 0.2) is 42.5 Å². The summed E-state index contributed by atoms with van der Waals surface area (Å²) in [7, 11) is 1.81. The summed E-state index contributed by atoms with van der Waals surface area (Å²) in [6, 6.07) is 13.8. The lowest BCUT2D eigenvalue weighted by molar-refractivity contribution is 0.0994. The van der Waals surface area contributed by atoms with Gasteiger partial charge in [-0.1, -0.05) is 23.8 Å². The van der Waals surface area contributed by atoms with E-state index in [1.807, 2.05) is 70.3 Å². The fraction of sp³-hybridized carbons (Fsp3) is 0.278. The lowest BCUT2D eigenvalue weighted by atomic mass is 10.1. The topological polar surface area (TPSA) is 32.3 Å². The standard InChI is InChI=1S/C18H22N2O/c1-5-19-17-12-14(3)8-11-16(17)18(21)20(4)15-9-6-13(2)7-10-15/h6-12,19H,5H2,1-4H3. The van der Waals surface area contributed by atoms with Gasteiger partial charge >= 0.3 is 0 Å². The van der Waals surface area contributed by atoms with Crippen LogP contribution in [0.4, 0.5) is 11.4 Å². The van der Waals surface area contributed by atoms with E-state index in [-0.39, 0.29) is 5.91 Å². The third kappa shape index (κ3) is 3.43. The highest BCUT2D eigenvalue weighted by Crippen LogP contribution is 2.22. The normalized spacial score (nSPS) is 10.3. The van der Waals surface area contributed by atoms with Crippen LogP contribution in [0.25, 0.3) is 0 Å². The number of hydrogen-bond donors (Lipinski definition) is 1. The molecule has 2 aromatic rings. The molecule has 1 N–H and O–H groups in total. The molecule has 2 rings (SSSR count). The first kappa shape index (κ1) is 15.1. The molecule has 0 aromatic heterocycles. The van der Waals surface area contributed by atoms with E-state index in [0.717, 1.165) is 23.5 Å². The van der Waals surface area contributed by atoms with Gasteiger partial charge in [-0.2, -0.15) is 0 Å². The highest BCUT2D eigenvalue weighted by Gasteiger charge is 2.17. The first-order valence-corrected chi connectivity index (χ1v) is 7.22. The molecule has 0 heterocycles. The second-order valence-electron chi connectivity index (χ2n) is 5.28. The molecular weight excluding hydrogens is 260 g/mol. The predicted octanol–water partition coefficient (Wildman–Crippen LogP) is 4.01. The summed E-state index contributed by atoms with van der Waals surface area (Å²) in [4.78, 5) is 14.4. The van der Waals surface area contributed by atoms with Gasteiger partial charge in [-0.15, -0.1) is 0 Å². The molecule has 0 saturated heterocycles. The van der Waals surface area contributed by atoms with E-state index >= 15 is 0 Å². The number of aryl methyl sites for hydroxylation is 2. The molecule has 21 heavy (non-hydrogen) atoms. The van der Waals surface area contributed by atoms with Crippen LogP contribution < -0.4 is 10.2 Å². The van der Waals surface area contributed by atoms with E-state index in [0.29, 0.717) is 5.56 Å². The van der Waals surface area contributed by atoms with E-state index in [9.17, 15) is 4.79 Å². The molecule has 2 aromatic carbocycles. The van der Waals surface area contributed by atoms with Crippen LogP contribution >= 0.6 is 0 Å². The lowest BCUT2D eigenvalue weighted by Crippen LogP contribution is -2.27. The van der Waals surface area contributed by atoms with Gasteiger partial charge in [0.25, 0.3) is 5.91 Å². The van der Waals surface area contributed by atoms with Crippen LogP contribution in [0.1, 0.15) is 28.4 Å². The summed E-state index contributed by atoms with van der Waals surface area (Å²) < 4.78 is 0. The van der Waals surface area contributed by atoms with Crippen molar-refractivity contribution in [1.82, 2.24) is 0 Å². The van der Waals surface area contributed by atoms with Crippen molar-refractivity contribution in [2.75, 3.05) is 23.8 Å². The lowest BCUT2D eigenvalue weighted by Gasteiger charge is -2.20. The van der Waals surface area contributed by atoms with Gasteiger partial charge in [-0.3, -0.25) is 4.79 Å². The van der Waals surface area contributed by atoms with Crippen molar-refractivity contribution >= 4 is 17.3 Å². The summed E-state index contributed by atoms with van der Waals surface area (Å²) >= 11 is 0. The Morgan fingerprint density at radius 3 is 2.29 bits per heavy atom. The van der Waals surface area contributed by atoms with Gasteiger partial charge in [0, 0.05) is 25.0 Å². The molecule has 0 radical (unpaired) electrons. The maximum Gasteiger partial charge on any atom is 0.260 e. The van der Waals surface area contributed by atoms with Crippen LogP contribution in [0, 0.1) is 13.8 Å². The Morgan fingerprint density at radius 1 is 1.05 bits per heavy atom. The number of rotatable bonds is 4. The van der Waals surface area contributed by atoms with Crippen molar-refractivity contribution in [1.29, 1.82) is 0 Å². The molecule has 0 fully saturated rings. The van der Waals surface area contributed by atoms with Crippen molar-refractivity contribution in [3.05, 3.63) is 59.2 Å². The van der Waals surface area contributed by atoms with Crippen LogP contribution in [-0.2, 0) is 0 Å². The second-order valence-corrected chi connectivity index (χ2v) is 5.28. The summed E-state index contributed by atoms with van der Waals surface area (Å²) in [5, 5.41) is 3.27. The average molecular weight is 282 g/mol. The SMILES string of the molecule is CCNc1cc(C)ccc1C(=O)N(C)c1ccc(C)cc1. The average Bonchev–Trinajstić information content (AvgIpc) is 2.47. The third-order valence-electron chi connectivity index (χ3n) is 3.50. The molecule has 3 nitrogen and oxygen atoms in total. The number of hydrogen-bond acceptors (Lipinski definition) is 2. The van der Waals surface area contributed by atoms with Gasteiger partial charge in [-0.05, 0) is 50.6 Å². The number of amides is 1. The minimum Gasteiger partial charge on any atom is -0.385 e. The van der Waals surface area contributed by atoms with E-state index in [1.165, 1.54) is 5.56 Å². The third-order valence-corrected chi connectivity index (χ3v) is 3.50. The molecule has 110 valence electrons. The maximum atomic E-state index is 12.7. The van der Waals surface area contributed by atoms with Crippen LogP contribution in [0.5, 0.6) is 0 Å². The van der Waals surface area contributed by atoms with Crippen LogP contribution in [-0.4, -0.2) is 19.5 Å². The summed E-state index contributed by atoms with van der Waals surface area (Å²) in [6.07, 6.45) is 0. The number of nitrogens with one attached hydrogen (secondary N) is 1. The van der Waals surface area contributed by atoms with Gasteiger partial charge in [0.15, 0.2) is 0 Å². The van der Waals surface area contributed by atoms with Crippen LogP contribution in [0.3, 0.4) is 0 Å². The fourth-order valence-electron chi connectivity index (χ4n) is 2.25. The van der Waals surface area contributed by atoms with Crippen LogP contribution in [0.2, 0.25) is 0 Å². The molecule has 0 bridgehead atoms. The Morgan fingerprint density at radius 2 is 1.67 bits per heavy atom. The Labute approximate surface area is 126 Å². The van der Waals surface area contributed by atoms with E-state index in [1.54, 1.807) is 4.90 Å². The smallest absolute Gasteiger partial charge is 0.260 e. The minimum absolute atomic E-state index is 0.00481. The largest absolute Gasteiger partial charge is 0.385 e. The zero-order valence-corrected chi connectivity index (χ0v) is 13.1. The summed E-state index contributed by atoms with van der Waals surface area (Å²) in [5.41, 5.74) is 4.81. The van der Waals surface area contributed by atoms with E-state index in [2.05, 4.69) is 5.32 Å². The van der Waals surface area contributed by atoms with Crippen molar-refractivity contribution in [3.63, 3.8) is 0 Å². The zero-order valence-electron chi connectivity index (χ0n) is 13.1. The second kappa shape index (κ2) is 6.44. The molecule has 0 atom stereocenters. The molecule has 0 saturated carbocycles. The molecule has 0 aliphatic carbocycles. The van der Waals surface area contributed by atoms with Crippen molar-refractivity contribution in [2.24, 2.45) is 0 Å². The highest BCUT2D eigenvalue weighted by molar-refractivity contribution is 6.09. The Bertz CT molecular complexity index is 632. The van der Waals surface area contributed by atoms with Crippen molar-refractivity contribution in [2.45, 2.75) is 20.8 Å². The van der Waals surface area contributed by atoms with Gasteiger partial charge < -0.3 is 10.2 Å². The zero-order chi connectivity index (χ0) is 15.4. The molecule has 1 amide bonds. The highest BCUT2D eigenvalue weighted by atomic mass is 16.2. The minimum atomic E-state index is -0.00481. The van der Waals surface area contributed by atoms with Gasteiger partial charge in [-0.25, -0.2) is 0 Å². The summed E-state index contributed by atoms with van der Waals surface area (Å²) in [6.45, 7) is 6.88. The van der Waals surface area contributed by atoms with Crippen molar-refractivity contribution < 1.29 is 4.79 Å². The Hall–Kier alpha value is -2.29. The van der Waals surface area contributed by atoms with Crippen molar-refractivity contribution in [3.8, 4) is 0 Å². The number of benzene rings is 2. The molecular formula is C18H22N2O. The number of nitrogens with zero attached hydrogens (tertiary/aromatic N) is 1. The Kier molecular flexibility index (Phi) is 4.63. The first-order valence-electron chi connectivity index (χ1n) is 7.22.